The van der Waals surface area contributed by atoms with Crippen LogP contribution in [-0.4, -0.2) is 13.2 Å². The van der Waals surface area contributed by atoms with Crippen molar-refractivity contribution in [1.82, 2.24) is 0 Å². The van der Waals surface area contributed by atoms with Crippen LogP contribution in [0.2, 0.25) is 0 Å². The molecular formula is C26H54O. The Morgan fingerprint density at radius 2 is 0.519 bits per heavy atom. The van der Waals surface area contributed by atoms with E-state index in [0.29, 0.717) is 0 Å². The molecule has 27 heavy (non-hydrogen) atoms. The lowest BCUT2D eigenvalue weighted by molar-refractivity contribution is 0.125. The van der Waals surface area contributed by atoms with Crippen LogP contribution >= 0.6 is 0 Å². The minimum atomic E-state index is 0.989. The molecule has 0 heterocycles. The summed E-state index contributed by atoms with van der Waals surface area (Å²) in [6, 6.07) is 0. The van der Waals surface area contributed by atoms with Gasteiger partial charge in [-0.1, -0.05) is 142 Å². The van der Waals surface area contributed by atoms with Crippen LogP contribution in [0.3, 0.4) is 0 Å². The summed E-state index contributed by atoms with van der Waals surface area (Å²) in [4.78, 5) is 0. The molecule has 0 aliphatic heterocycles. The Morgan fingerprint density at radius 1 is 0.296 bits per heavy atom. The van der Waals surface area contributed by atoms with Crippen LogP contribution in [0.25, 0.3) is 0 Å². The molecule has 0 N–H and O–H groups in total. The average Bonchev–Trinajstić information content (AvgIpc) is 2.68. The van der Waals surface area contributed by atoms with Crippen molar-refractivity contribution in [2.45, 2.75) is 155 Å². The van der Waals surface area contributed by atoms with Crippen molar-refractivity contribution in [3.8, 4) is 0 Å². The van der Waals surface area contributed by atoms with Crippen LogP contribution in [0, 0.1) is 0 Å². The Hall–Kier alpha value is -0.0400. The van der Waals surface area contributed by atoms with Crippen LogP contribution in [0.1, 0.15) is 155 Å². The first-order chi connectivity index (χ1) is 13.4. The summed E-state index contributed by atoms with van der Waals surface area (Å²) in [6.07, 6.45) is 31.2. The highest BCUT2D eigenvalue weighted by molar-refractivity contribution is 4.50. The highest BCUT2D eigenvalue weighted by Gasteiger charge is 1.95. The molecule has 0 rings (SSSR count). The van der Waals surface area contributed by atoms with Gasteiger partial charge in [-0.2, -0.15) is 0 Å². The van der Waals surface area contributed by atoms with E-state index in [1.165, 1.54) is 141 Å². The summed E-state index contributed by atoms with van der Waals surface area (Å²) in [5.74, 6) is 0. The Morgan fingerprint density at radius 3 is 0.778 bits per heavy atom. The van der Waals surface area contributed by atoms with Crippen LogP contribution in [0.15, 0.2) is 0 Å². The lowest BCUT2D eigenvalue weighted by atomic mass is 10.0. The Kier molecular flexibility index (Phi) is 25.9. The monoisotopic (exact) mass is 382 g/mol. The lowest BCUT2D eigenvalue weighted by Crippen LogP contribution is -1.97. The molecule has 0 aromatic rings. The van der Waals surface area contributed by atoms with Crippen molar-refractivity contribution >= 4 is 0 Å². The van der Waals surface area contributed by atoms with Crippen LogP contribution in [0.5, 0.6) is 0 Å². The van der Waals surface area contributed by atoms with Crippen molar-refractivity contribution in [1.29, 1.82) is 0 Å². The normalized spacial score (nSPS) is 11.3. The minimum absolute atomic E-state index is 0.989. The quantitative estimate of drug-likeness (QED) is 0.151. The van der Waals surface area contributed by atoms with Gasteiger partial charge in [-0.15, -0.1) is 0 Å². The topological polar surface area (TPSA) is 9.23 Å². The minimum Gasteiger partial charge on any atom is -0.381 e. The standard InChI is InChI=1S/C26H54O/c1-3-5-7-9-10-11-12-13-14-15-16-17-18-19-20-22-24-26-27-25-23-21-8-6-4-2/h3-26H2,1-2H3. The molecule has 1 heteroatoms. The van der Waals surface area contributed by atoms with Crippen LogP contribution in [-0.2, 0) is 4.74 Å². The first-order valence-corrected chi connectivity index (χ1v) is 13.0. The molecule has 1 nitrogen and oxygen atoms in total. The third kappa shape index (κ3) is 26.0. The van der Waals surface area contributed by atoms with E-state index in [9.17, 15) is 0 Å². The molecule has 0 spiro atoms. The maximum atomic E-state index is 5.74. The summed E-state index contributed by atoms with van der Waals surface area (Å²) < 4.78 is 5.74. The van der Waals surface area contributed by atoms with Gasteiger partial charge in [-0.25, -0.2) is 0 Å². The predicted molar refractivity (Wildman–Crippen MR) is 124 cm³/mol. The lowest BCUT2D eigenvalue weighted by Gasteiger charge is -2.05. The van der Waals surface area contributed by atoms with E-state index in [1.807, 2.05) is 0 Å². The van der Waals surface area contributed by atoms with Gasteiger partial charge in [0.25, 0.3) is 0 Å². The number of unbranched alkanes of at least 4 members (excludes halogenated alkanes) is 20. The molecule has 0 saturated heterocycles. The van der Waals surface area contributed by atoms with Gasteiger partial charge in [0.2, 0.25) is 0 Å². The van der Waals surface area contributed by atoms with E-state index < -0.39 is 0 Å². The van der Waals surface area contributed by atoms with Gasteiger partial charge in [0.05, 0.1) is 0 Å². The van der Waals surface area contributed by atoms with Gasteiger partial charge >= 0.3 is 0 Å². The smallest absolute Gasteiger partial charge is 0.0466 e. The molecule has 0 radical (unpaired) electrons. The summed E-state index contributed by atoms with van der Waals surface area (Å²) in [6.45, 7) is 6.55. The van der Waals surface area contributed by atoms with E-state index in [0.717, 1.165) is 13.2 Å². The molecule has 0 aliphatic carbocycles. The van der Waals surface area contributed by atoms with Crippen LogP contribution < -0.4 is 0 Å². The number of rotatable bonds is 24. The van der Waals surface area contributed by atoms with E-state index in [-0.39, 0.29) is 0 Å². The van der Waals surface area contributed by atoms with E-state index in [4.69, 9.17) is 4.74 Å². The fourth-order valence-electron chi connectivity index (χ4n) is 3.84. The first kappa shape index (κ1) is 27.0. The summed E-state index contributed by atoms with van der Waals surface area (Å²) in [5, 5.41) is 0. The van der Waals surface area contributed by atoms with Crippen LogP contribution in [0.4, 0.5) is 0 Å². The first-order valence-electron chi connectivity index (χ1n) is 13.0. The van der Waals surface area contributed by atoms with Crippen molar-refractivity contribution in [3.05, 3.63) is 0 Å². The zero-order chi connectivity index (χ0) is 19.7. The van der Waals surface area contributed by atoms with E-state index in [1.54, 1.807) is 0 Å². The zero-order valence-electron chi connectivity index (χ0n) is 19.4. The second-order valence-electron chi connectivity index (χ2n) is 8.68. The molecule has 0 amide bonds. The molecule has 0 aromatic carbocycles. The predicted octanol–water partition coefficient (Wildman–Crippen LogP) is 9.62. The number of ether oxygens (including phenoxy) is 1. The van der Waals surface area contributed by atoms with Crippen molar-refractivity contribution < 1.29 is 4.74 Å². The molecule has 0 aromatic heterocycles. The average molecular weight is 383 g/mol. The number of hydrogen-bond acceptors (Lipinski definition) is 1. The van der Waals surface area contributed by atoms with Crippen molar-refractivity contribution in [2.24, 2.45) is 0 Å². The zero-order valence-corrected chi connectivity index (χ0v) is 19.4. The second-order valence-corrected chi connectivity index (χ2v) is 8.68. The van der Waals surface area contributed by atoms with Gasteiger partial charge in [-0.05, 0) is 12.8 Å². The SMILES string of the molecule is CCCCCCCCCCCCCCCCCCCOCCCCCCC. The maximum Gasteiger partial charge on any atom is 0.0466 e. The fourth-order valence-corrected chi connectivity index (χ4v) is 3.84. The molecule has 0 bridgehead atoms. The third-order valence-electron chi connectivity index (χ3n) is 5.78. The molecule has 0 fully saturated rings. The molecule has 0 atom stereocenters. The van der Waals surface area contributed by atoms with Crippen molar-refractivity contribution in [3.63, 3.8) is 0 Å². The molecule has 0 aliphatic rings. The Labute approximate surface area is 173 Å². The van der Waals surface area contributed by atoms with Gasteiger partial charge < -0.3 is 4.74 Å². The largest absolute Gasteiger partial charge is 0.381 e. The van der Waals surface area contributed by atoms with E-state index >= 15 is 0 Å². The second kappa shape index (κ2) is 26.0. The fraction of sp³-hybridized carbons (Fsp3) is 1.00. The molecule has 164 valence electrons. The molecule has 0 unspecified atom stereocenters. The Balaban J connectivity index is 2.95. The molecular weight excluding hydrogens is 328 g/mol. The highest BCUT2D eigenvalue weighted by atomic mass is 16.5. The third-order valence-corrected chi connectivity index (χ3v) is 5.78. The van der Waals surface area contributed by atoms with Gasteiger partial charge in [0.15, 0.2) is 0 Å². The van der Waals surface area contributed by atoms with Crippen molar-refractivity contribution in [2.75, 3.05) is 13.2 Å². The highest BCUT2D eigenvalue weighted by Crippen LogP contribution is 2.14. The van der Waals surface area contributed by atoms with Gasteiger partial charge in [-0.3, -0.25) is 0 Å². The summed E-state index contributed by atoms with van der Waals surface area (Å²) in [7, 11) is 0. The summed E-state index contributed by atoms with van der Waals surface area (Å²) in [5.41, 5.74) is 0. The molecule has 0 saturated carbocycles. The van der Waals surface area contributed by atoms with Gasteiger partial charge in [0, 0.05) is 13.2 Å². The number of hydrogen-bond donors (Lipinski definition) is 0. The Bertz CT molecular complexity index is 214. The van der Waals surface area contributed by atoms with Gasteiger partial charge in [0.1, 0.15) is 0 Å². The van der Waals surface area contributed by atoms with E-state index in [2.05, 4.69) is 13.8 Å². The summed E-state index contributed by atoms with van der Waals surface area (Å²) >= 11 is 0. The maximum absolute atomic E-state index is 5.74.